The number of rotatable bonds is 3. The second-order valence-electron chi connectivity index (χ2n) is 3.75. The number of benzene rings is 1. The van der Waals surface area contributed by atoms with E-state index in [2.05, 4.69) is 0 Å². The molecule has 0 aliphatic heterocycles. The van der Waals surface area contributed by atoms with Crippen molar-refractivity contribution in [3.8, 4) is 0 Å². The van der Waals surface area contributed by atoms with Gasteiger partial charge in [0.05, 0.1) is 0 Å². The van der Waals surface area contributed by atoms with Gasteiger partial charge in [0, 0.05) is 0 Å². The molecule has 7 heteroatoms. The summed E-state index contributed by atoms with van der Waals surface area (Å²) in [7, 11) is 0. The Morgan fingerprint density at radius 3 is 1.89 bits per heavy atom. The summed E-state index contributed by atoms with van der Waals surface area (Å²) in [6.45, 7) is -0.0144. The molecule has 1 rings (SSSR count). The molecule has 1 nitrogen and oxygen atoms in total. The summed E-state index contributed by atoms with van der Waals surface area (Å²) in [5, 5.41) is 0. The van der Waals surface area contributed by atoms with E-state index in [0.29, 0.717) is 0 Å². The van der Waals surface area contributed by atoms with Crippen molar-refractivity contribution in [3.63, 3.8) is 0 Å². The molecule has 0 radical (unpaired) electrons. The van der Waals surface area contributed by atoms with Crippen LogP contribution in [0.15, 0.2) is 24.3 Å². The summed E-state index contributed by atoms with van der Waals surface area (Å²) < 4.78 is 75.4. The van der Waals surface area contributed by atoms with E-state index < -0.39 is 23.8 Å². The van der Waals surface area contributed by atoms with Crippen LogP contribution in [-0.2, 0) is 6.42 Å². The molecule has 0 unspecified atom stereocenters. The lowest BCUT2D eigenvalue weighted by atomic mass is 9.91. The first-order valence-electron chi connectivity index (χ1n) is 5.09. The first-order valence-corrected chi connectivity index (χ1v) is 5.09. The van der Waals surface area contributed by atoms with Crippen molar-refractivity contribution < 1.29 is 26.3 Å². The SMILES string of the molecule is NCCc1ccccc1C(C(F)(F)F)C(F)(F)F. The van der Waals surface area contributed by atoms with Gasteiger partial charge in [0.15, 0.2) is 5.92 Å². The standard InChI is InChI=1S/C11H11F6N/c12-10(13,14)9(11(15,16)17)8-4-2-1-3-7(8)5-6-18/h1-4,9H,5-6,18H2. The zero-order valence-corrected chi connectivity index (χ0v) is 9.15. The van der Waals surface area contributed by atoms with E-state index in [-0.39, 0.29) is 18.5 Å². The Kier molecular flexibility index (Phi) is 4.26. The quantitative estimate of drug-likeness (QED) is 0.838. The minimum atomic E-state index is -5.37. The van der Waals surface area contributed by atoms with Crippen molar-refractivity contribution in [3.05, 3.63) is 35.4 Å². The summed E-state index contributed by atoms with van der Waals surface area (Å²) in [6.07, 6.45) is -10.8. The zero-order chi connectivity index (χ0) is 14.0. The molecule has 2 N–H and O–H groups in total. The molecule has 0 saturated heterocycles. The summed E-state index contributed by atoms with van der Waals surface area (Å²) >= 11 is 0. The zero-order valence-electron chi connectivity index (χ0n) is 9.15. The molecule has 0 saturated carbocycles. The summed E-state index contributed by atoms with van der Waals surface area (Å²) in [4.78, 5) is 0. The molecule has 0 aromatic heterocycles. The number of alkyl halides is 6. The van der Waals surface area contributed by atoms with Crippen molar-refractivity contribution in [2.24, 2.45) is 5.73 Å². The molecule has 102 valence electrons. The van der Waals surface area contributed by atoms with Crippen LogP contribution in [0.25, 0.3) is 0 Å². The first-order chi connectivity index (χ1) is 8.18. The fourth-order valence-corrected chi connectivity index (χ4v) is 1.74. The predicted octanol–water partition coefficient (Wildman–Crippen LogP) is 3.40. The fraction of sp³-hybridized carbons (Fsp3) is 0.455. The third-order valence-electron chi connectivity index (χ3n) is 2.43. The molecular weight excluding hydrogens is 260 g/mol. The Balaban J connectivity index is 3.30. The topological polar surface area (TPSA) is 26.0 Å². The Labute approximate surface area is 99.6 Å². The Hall–Kier alpha value is -1.24. The van der Waals surface area contributed by atoms with E-state index in [0.717, 1.165) is 12.1 Å². The molecule has 1 aromatic carbocycles. The van der Waals surface area contributed by atoms with E-state index in [1.165, 1.54) is 12.1 Å². The highest BCUT2D eigenvalue weighted by atomic mass is 19.4. The molecule has 1 aromatic rings. The second-order valence-corrected chi connectivity index (χ2v) is 3.75. The second kappa shape index (κ2) is 5.17. The first kappa shape index (κ1) is 14.8. The highest BCUT2D eigenvalue weighted by Gasteiger charge is 2.57. The van der Waals surface area contributed by atoms with E-state index in [9.17, 15) is 26.3 Å². The van der Waals surface area contributed by atoms with Gasteiger partial charge in [-0.1, -0.05) is 24.3 Å². The number of halogens is 6. The maximum atomic E-state index is 12.6. The summed E-state index contributed by atoms with van der Waals surface area (Å²) in [5.41, 5.74) is 4.38. The number of nitrogens with two attached hydrogens (primary N) is 1. The Morgan fingerprint density at radius 2 is 1.44 bits per heavy atom. The van der Waals surface area contributed by atoms with Crippen LogP contribution in [0.3, 0.4) is 0 Å². The number of hydrogen-bond acceptors (Lipinski definition) is 1. The minimum absolute atomic E-state index is 0.0144. The fourth-order valence-electron chi connectivity index (χ4n) is 1.74. The van der Waals surface area contributed by atoms with E-state index >= 15 is 0 Å². The number of hydrogen-bond donors (Lipinski definition) is 1. The molecule has 0 bridgehead atoms. The van der Waals surface area contributed by atoms with Crippen molar-refractivity contribution in [1.82, 2.24) is 0 Å². The molecular formula is C11H11F6N. The van der Waals surface area contributed by atoms with Gasteiger partial charge in [-0.05, 0) is 24.1 Å². The van der Waals surface area contributed by atoms with E-state index in [4.69, 9.17) is 5.73 Å². The van der Waals surface area contributed by atoms with Crippen LogP contribution in [-0.4, -0.2) is 18.9 Å². The van der Waals surface area contributed by atoms with Crippen molar-refractivity contribution in [2.75, 3.05) is 6.54 Å². The van der Waals surface area contributed by atoms with Gasteiger partial charge < -0.3 is 5.73 Å². The van der Waals surface area contributed by atoms with Gasteiger partial charge >= 0.3 is 12.4 Å². The monoisotopic (exact) mass is 271 g/mol. The Morgan fingerprint density at radius 1 is 0.944 bits per heavy atom. The molecule has 0 amide bonds. The van der Waals surface area contributed by atoms with Crippen molar-refractivity contribution in [1.29, 1.82) is 0 Å². The van der Waals surface area contributed by atoms with E-state index in [1.54, 1.807) is 0 Å². The minimum Gasteiger partial charge on any atom is -0.330 e. The van der Waals surface area contributed by atoms with Gasteiger partial charge in [-0.25, -0.2) is 0 Å². The van der Waals surface area contributed by atoms with Crippen molar-refractivity contribution in [2.45, 2.75) is 24.7 Å². The van der Waals surface area contributed by atoms with Gasteiger partial charge in [-0.3, -0.25) is 0 Å². The van der Waals surface area contributed by atoms with Crippen LogP contribution in [0.2, 0.25) is 0 Å². The maximum Gasteiger partial charge on any atom is 0.404 e. The van der Waals surface area contributed by atoms with Gasteiger partial charge in [0.2, 0.25) is 0 Å². The molecule has 0 fully saturated rings. The lowest BCUT2D eigenvalue weighted by molar-refractivity contribution is -0.253. The highest BCUT2D eigenvalue weighted by molar-refractivity contribution is 5.33. The summed E-state index contributed by atoms with van der Waals surface area (Å²) in [6, 6.07) is 4.61. The van der Waals surface area contributed by atoms with Gasteiger partial charge in [0.1, 0.15) is 0 Å². The predicted molar refractivity (Wildman–Crippen MR) is 54.1 cm³/mol. The molecule has 0 atom stereocenters. The van der Waals surface area contributed by atoms with Crippen LogP contribution in [0.4, 0.5) is 26.3 Å². The lowest BCUT2D eigenvalue weighted by Gasteiger charge is -2.25. The highest BCUT2D eigenvalue weighted by Crippen LogP contribution is 2.47. The maximum absolute atomic E-state index is 12.6. The molecule has 0 spiro atoms. The van der Waals surface area contributed by atoms with Gasteiger partial charge in [0.25, 0.3) is 0 Å². The molecule has 0 aliphatic rings. The third-order valence-corrected chi connectivity index (χ3v) is 2.43. The van der Waals surface area contributed by atoms with Crippen LogP contribution < -0.4 is 5.73 Å². The van der Waals surface area contributed by atoms with Crippen LogP contribution in [0, 0.1) is 0 Å². The third kappa shape index (κ3) is 3.38. The van der Waals surface area contributed by atoms with Gasteiger partial charge in [-0.15, -0.1) is 0 Å². The lowest BCUT2D eigenvalue weighted by Crippen LogP contribution is -2.35. The van der Waals surface area contributed by atoms with E-state index in [1.807, 2.05) is 0 Å². The summed E-state index contributed by atoms with van der Waals surface area (Å²) in [5.74, 6) is -3.47. The average molecular weight is 271 g/mol. The normalized spacial score (nSPS) is 13.1. The Bertz CT molecular complexity index is 381. The van der Waals surface area contributed by atoms with Crippen LogP contribution in [0.5, 0.6) is 0 Å². The van der Waals surface area contributed by atoms with Crippen molar-refractivity contribution >= 4 is 0 Å². The smallest absolute Gasteiger partial charge is 0.330 e. The average Bonchev–Trinajstić information content (AvgIpc) is 2.17. The van der Waals surface area contributed by atoms with Crippen LogP contribution >= 0.6 is 0 Å². The molecule has 0 aliphatic carbocycles. The molecule has 0 heterocycles. The van der Waals surface area contributed by atoms with Crippen LogP contribution in [0.1, 0.15) is 17.0 Å². The largest absolute Gasteiger partial charge is 0.404 e. The van der Waals surface area contributed by atoms with Gasteiger partial charge in [-0.2, -0.15) is 26.3 Å². The molecule has 18 heavy (non-hydrogen) atoms.